The molecule has 3 aromatic rings. The third-order valence-electron chi connectivity index (χ3n) is 4.33. The van der Waals surface area contributed by atoms with Crippen LogP contribution in [0, 0.1) is 5.82 Å². The van der Waals surface area contributed by atoms with Crippen molar-refractivity contribution in [2.75, 3.05) is 5.32 Å². The fraction of sp³-hybridized carbons (Fsp3) is 0.182. The lowest BCUT2D eigenvalue weighted by Crippen LogP contribution is -2.24. The number of nitrogens with zero attached hydrogens (tertiary/aromatic N) is 2. The number of hydrazone groups is 1. The van der Waals surface area contributed by atoms with Crippen LogP contribution in [0.15, 0.2) is 72.0 Å². The molecule has 4 nitrogen and oxygen atoms in total. The molecular formula is C22H23FN4S. The summed E-state index contributed by atoms with van der Waals surface area (Å²) in [6.07, 6.45) is 3.66. The van der Waals surface area contributed by atoms with Crippen LogP contribution in [0.3, 0.4) is 0 Å². The van der Waals surface area contributed by atoms with Crippen LogP contribution in [-0.2, 0) is 6.54 Å². The molecule has 0 atom stereocenters. The van der Waals surface area contributed by atoms with Gasteiger partial charge in [0.15, 0.2) is 5.11 Å². The zero-order valence-electron chi connectivity index (χ0n) is 15.9. The van der Waals surface area contributed by atoms with Crippen LogP contribution in [0.5, 0.6) is 0 Å². The molecule has 3 rings (SSSR count). The Labute approximate surface area is 170 Å². The largest absolute Gasteiger partial charge is 0.342 e. The van der Waals surface area contributed by atoms with Gasteiger partial charge in [0, 0.05) is 18.4 Å². The van der Waals surface area contributed by atoms with Gasteiger partial charge in [-0.05, 0) is 65.7 Å². The summed E-state index contributed by atoms with van der Waals surface area (Å²) in [6.45, 7) is 4.96. The summed E-state index contributed by atoms with van der Waals surface area (Å²) >= 11 is 5.29. The average Bonchev–Trinajstić information content (AvgIpc) is 3.11. The molecule has 1 heterocycles. The van der Waals surface area contributed by atoms with Gasteiger partial charge in [0.1, 0.15) is 5.82 Å². The Morgan fingerprint density at radius 3 is 2.50 bits per heavy atom. The van der Waals surface area contributed by atoms with Crippen molar-refractivity contribution in [1.82, 2.24) is 9.99 Å². The first-order valence-electron chi connectivity index (χ1n) is 9.11. The van der Waals surface area contributed by atoms with E-state index in [1.807, 2.05) is 35.0 Å². The SMILES string of the molecule is CC(C)c1ccc(NC(=S)NN=Cc2cccn2Cc2ccc(F)cc2)cc1. The van der Waals surface area contributed by atoms with Crippen LogP contribution in [-0.4, -0.2) is 15.9 Å². The molecule has 2 aromatic carbocycles. The Morgan fingerprint density at radius 2 is 1.82 bits per heavy atom. The summed E-state index contributed by atoms with van der Waals surface area (Å²) in [5.41, 5.74) is 6.96. The van der Waals surface area contributed by atoms with Crippen molar-refractivity contribution < 1.29 is 4.39 Å². The van der Waals surface area contributed by atoms with Gasteiger partial charge in [-0.3, -0.25) is 5.43 Å². The summed E-state index contributed by atoms with van der Waals surface area (Å²) in [6, 6.07) is 18.5. The van der Waals surface area contributed by atoms with E-state index in [9.17, 15) is 4.39 Å². The number of aromatic nitrogens is 1. The molecule has 0 saturated carbocycles. The highest BCUT2D eigenvalue weighted by molar-refractivity contribution is 7.80. The molecule has 6 heteroatoms. The first-order valence-corrected chi connectivity index (χ1v) is 9.51. The van der Waals surface area contributed by atoms with E-state index in [0.717, 1.165) is 16.9 Å². The molecule has 0 aliphatic heterocycles. The Balaban J connectivity index is 1.55. The summed E-state index contributed by atoms with van der Waals surface area (Å²) < 4.78 is 15.1. The average molecular weight is 395 g/mol. The minimum absolute atomic E-state index is 0.234. The third-order valence-corrected chi connectivity index (χ3v) is 4.52. The van der Waals surface area contributed by atoms with E-state index in [1.165, 1.54) is 17.7 Å². The standard InChI is InChI=1S/C22H23FN4S/c1-16(2)18-7-11-20(12-8-18)25-22(28)26-24-14-21-4-3-13-27(21)15-17-5-9-19(23)10-6-17/h3-14,16H,15H2,1-2H3,(H2,25,26,28). The molecule has 144 valence electrons. The predicted octanol–water partition coefficient (Wildman–Crippen LogP) is 5.12. The first kappa shape index (κ1) is 19.8. The minimum atomic E-state index is -0.234. The highest BCUT2D eigenvalue weighted by Gasteiger charge is 2.02. The molecule has 0 aliphatic rings. The quantitative estimate of drug-likeness (QED) is 0.346. The van der Waals surface area contributed by atoms with Crippen molar-refractivity contribution in [3.8, 4) is 0 Å². The Hall–Kier alpha value is -2.99. The van der Waals surface area contributed by atoms with Crippen molar-refractivity contribution >= 4 is 29.2 Å². The number of hydrogen-bond acceptors (Lipinski definition) is 2. The van der Waals surface area contributed by atoms with Crippen molar-refractivity contribution in [3.63, 3.8) is 0 Å². The molecule has 0 aliphatic carbocycles. The molecule has 0 unspecified atom stereocenters. The lowest BCUT2D eigenvalue weighted by Gasteiger charge is -2.10. The van der Waals surface area contributed by atoms with Gasteiger partial charge in [-0.25, -0.2) is 4.39 Å². The number of benzene rings is 2. The molecule has 1 aromatic heterocycles. The molecular weight excluding hydrogens is 371 g/mol. The van der Waals surface area contributed by atoms with Crippen LogP contribution in [0.25, 0.3) is 0 Å². The summed E-state index contributed by atoms with van der Waals surface area (Å²) in [5, 5.41) is 7.75. The van der Waals surface area contributed by atoms with Crippen LogP contribution in [0.4, 0.5) is 10.1 Å². The van der Waals surface area contributed by atoms with Crippen molar-refractivity contribution in [1.29, 1.82) is 0 Å². The summed E-state index contributed by atoms with van der Waals surface area (Å²) in [7, 11) is 0. The van der Waals surface area contributed by atoms with Crippen molar-refractivity contribution in [3.05, 3.63) is 89.5 Å². The van der Waals surface area contributed by atoms with Gasteiger partial charge < -0.3 is 9.88 Å². The maximum Gasteiger partial charge on any atom is 0.191 e. The number of hydrogen-bond donors (Lipinski definition) is 2. The summed E-state index contributed by atoms with van der Waals surface area (Å²) in [4.78, 5) is 0. The molecule has 0 radical (unpaired) electrons. The molecule has 0 bridgehead atoms. The molecule has 28 heavy (non-hydrogen) atoms. The number of rotatable bonds is 6. The van der Waals surface area contributed by atoms with E-state index in [2.05, 4.69) is 41.8 Å². The van der Waals surface area contributed by atoms with Gasteiger partial charge in [0.2, 0.25) is 0 Å². The van der Waals surface area contributed by atoms with Gasteiger partial charge in [-0.15, -0.1) is 0 Å². The molecule has 0 spiro atoms. The molecule has 2 N–H and O–H groups in total. The normalized spacial score (nSPS) is 11.1. The molecule has 0 fully saturated rings. The maximum absolute atomic E-state index is 13.0. The van der Waals surface area contributed by atoms with Crippen molar-refractivity contribution in [2.45, 2.75) is 26.3 Å². The smallest absolute Gasteiger partial charge is 0.191 e. The van der Waals surface area contributed by atoms with Gasteiger partial charge in [0.25, 0.3) is 0 Å². The number of anilines is 1. The topological polar surface area (TPSA) is 41.4 Å². The number of thiocarbonyl (C=S) groups is 1. The Bertz CT molecular complexity index is 943. The Kier molecular flexibility index (Phi) is 6.55. The third kappa shape index (κ3) is 5.50. The second-order valence-corrected chi connectivity index (χ2v) is 7.20. The van der Waals surface area contributed by atoms with E-state index in [1.54, 1.807) is 18.3 Å². The Morgan fingerprint density at radius 1 is 1.11 bits per heavy atom. The fourth-order valence-corrected chi connectivity index (χ4v) is 2.91. The van der Waals surface area contributed by atoms with Crippen LogP contribution in [0.1, 0.15) is 36.6 Å². The van der Waals surface area contributed by atoms with E-state index in [0.29, 0.717) is 17.6 Å². The zero-order chi connectivity index (χ0) is 19.9. The van der Waals surface area contributed by atoms with Gasteiger partial charge in [-0.2, -0.15) is 5.10 Å². The fourth-order valence-electron chi connectivity index (χ4n) is 2.74. The van der Waals surface area contributed by atoms with Gasteiger partial charge >= 0.3 is 0 Å². The van der Waals surface area contributed by atoms with E-state index in [-0.39, 0.29) is 5.82 Å². The molecule has 0 amide bonds. The first-order chi connectivity index (χ1) is 13.5. The second kappa shape index (κ2) is 9.28. The van der Waals surface area contributed by atoms with E-state index in [4.69, 9.17) is 12.2 Å². The van der Waals surface area contributed by atoms with Crippen LogP contribution in [0.2, 0.25) is 0 Å². The number of nitrogens with one attached hydrogen (secondary N) is 2. The van der Waals surface area contributed by atoms with E-state index >= 15 is 0 Å². The zero-order valence-corrected chi connectivity index (χ0v) is 16.7. The van der Waals surface area contributed by atoms with Gasteiger partial charge in [0.05, 0.1) is 11.9 Å². The monoisotopic (exact) mass is 394 g/mol. The van der Waals surface area contributed by atoms with Crippen LogP contribution >= 0.6 is 12.2 Å². The minimum Gasteiger partial charge on any atom is -0.342 e. The maximum atomic E-state index is 13.0. The molecule has 0 saturated heterocycles. The summed E-state index contributed by atoms with van der Waals surface area (Å²) in [5.74, 6) is 0.261. The van der Waals surface area contributed by atoms with Gasteiger partial charge in [-0.1, -0.05) is 38.1 Å². The van der Waals surface area contributed by atoms with E-state index < -0.39 is 0 Å². The lowest BCUT2D eigenvalue weighted by atomic mass is 10.0. The highest BCUT2D eigenvalue weighted by atomic mass is 32.1. The second-order valence-electron chi connectivity index (χ2n) is 6.79. The van der Waals surface area contributed by atoms with Crippen LogP contribution < -0.4 is 10.7 Å². The predicted molar refractivity (Wildman–Crippen MR) is 117 cm³/mol. The lowest BCUT2D eigenvalue weighted by molar-refractivity contribution is 0.626. The van der Waals surface area contributed by atoms with Crippen molar-refractivity contribution in [2.24, 2.45) is 5.10 Å². The number of halogens is 1. The highest BCUT2D eigenvalue weighted by Crippen LogP contribution is 2.17.